The SMILES string of the molecule is Cc1[nH]nc(CCC(=O)N2CCC[C@](O)(CO)CC2)c1C. The summed E-state index contributed by atoms with van der Waals surface area (Å²) in [5, 5.41) is 26.5. The highest BCUT2D eigenvalue weighted by Crippen LogP contribution is 2.22. The molecule has 6 heteroatoms. The number of carbonyl (C=O) groups excluding carboxylic acids is 1. The summed E-state index contributed by atoms with van der Waals surface area (Å²) in [4.78, 5) is 14.1. The summed E-state index contributed by atoms with van der Waals surface area (Å²) >= 11 is 0. The van der Waals surface area contributed by atoms with Crippen LogP contribution in [0.15, 0.2) is 0 Å². The summed E-state index contributed by atoms with van der Waals surface area (Å²) in [6.07, 6.45) is 2.78. The van der Waals surface area contributed by atoms with Crippen molar-refractivity contribution in [1.82, 2.24) is 15.1 Å². The monoisotopic (exact) mass is 295 g/mol. The van der Waals surface area contributed by atoms with Crippen molar-refractivity contribution in [3.63, 3.8) is 0 Å². The van der Waals surface area contributed by atoms with Crippen molar-refractivity contribution >= 4 is 5.91 Å². The number of nitrogens with one attached hydrogen (secondary N) is 1. The number of hydrogen-bond acceptors (Lipinski definition) is 4. The van der Waals surface area contributed by atoms with Gasteiger partial charge < -0.3 is 15.1 Å². The van der Waals surface area contributed by atoms with Crippen LogP contribution < -0.4 is 0 Å². The molecule has 1 aliphatic heterocycles. The van der Waals surface area contributed by atoms with Gasteiger partial charge in [-0.15, -0.1) is 0 Å². The van der Waals surface area contributed by atoms with Gasteiger partial charge >= 0.3 is 0 Å². The molecule has 1 saturated heterocycles. The van der Waals surface area contributed by atoms with Crippen LogP contribution in [0.2, 0.25) is 0 Å². The average molecular weight is 295 g/mol. The standard InChI is InChI=1S/C15H25N3O3/c1-11-12(2)16-17-13(11)4-5-14(20)18-8-3-6-15(21,10-19)7-9-18/h19,21H,3-10H2,1-2H3,(H,16,17)/t15-/m1/s1. The average Bonchev–Trinajstić information content (AvgIpc) is 2.68. The number of aromatic nitrogens is 2. The Balaban J connectivity index is 1.87. The molecule has 0 radical (unpaired) electrons. The minimum atomic E-state index is -1.02. The Morgan fingerprint density at radius 3 is 2.76 bits per heavy atom. The molecule has 6 nitrogen and oxygen atoms in total. The first-order valence-electron chi connectivity index (χ1n) is 7.57. The van der Waals surface area contributed by atoms with E-state index in [-0.39, 0.29) is 12.5 Å². The molecular weight excluding hydrogens is 270 g/mol. The molecule has 0 aliphatic carbocycles. The quantitative estimate of drug-likeness (QED) is 0.762. The van der Waals surface area contributed by atoms with E-state index in [0.29, 0.717) is 38.8 Å². The first-order chi connectivity index (χ1) is 9.95. The zero-order chi connectivity index (χ0) is 15.5. The van der Waals surface area contributed by atoms with Gasteiger partial charge in [0.25, 0.3) is 0 Å². The van der Waals surface area contributed by atoms with Gasteiger partial charge in [-0.1, -0.05) is 0 Å². The number of aryl methyl sites for hydroxylation is 2. The summed E-state index contributed by atoms with van der Waals surface area (Å²) < 4.78 is 0. The van der Waals surface area contributed by atoms with E-state index in [1.807, 2.05) is 13.8 Å². The molecule has 0 aromatic carbocycles. The molecule has 0 saturated carbocycles. The zero-order valence-corrected chi connectivity index (χ0v) is 12.9. The Kier molecular flexibility index (Phi) is 5.00. The van der Waals surface area contributed by atoms with Crippen molar-refractivity contribution in [2.45, 2.75) is 51.6 Å². The van der Waals surface area contributed by atoms with Crippen molar-refractivity contribution in [2.24, 2.45) is 0 Å². The molecule has 3 N–H and O–H groups in total. The topological polar surface area (TPSA) is 89.5 Å². The number of hydrogen-bond donors (Lipinski definition) is 3. The molecule has 21 heavy (non-hydrogen) atoms. The van der Waals surface area contributed by atoms with E-state index in [1.165, 1.54) is 0 Å². The van der Waals surface area contributed by atoms with Gasteiger partial charge in [0.15, 0.2) is 0 Å². The van der Waals surface area contributed by atoms with Gasteiger partial charge in [-0.05, 0) is 38.7 Å². The smallest absolute Gasteiger partial charge is 0.222 e. The molecule has 1 aromatic rings. The zero-order valence-electron chi connectivity index (χ0n) is 12.9. The van der Waals surface area contributed by atoms with E-state index in [4.69, 9.17) is 0 Å². The summed E-state index contributed by atoms with van der Waals surface area (Å²) in [5.41, 5.74) is 2.08. The van der Waals surface area contributed by atoms with Gasteiger partial charge in [0, 0.05) is 31.6 Å². The minimum absolute atomic E-state index is 0.0947. The molecule has 1 fully saturated rings. The highest BCUT2D eigenvalue weighted by atomic mass is 16.3. The highest BCUT2D eigenvalue weighted by molar-refractivity contribution is 5.76. The normalized spacial score (nSPS) is 23.1. The number of aliphatic hydroxyl groups is 2. The molecule has 118 valence electrons. The van der Waals surface area contributed by atoms with E-state index in [9.17, 15) is 15.0 Å². The maximum absolute atomic E-state index is 12.3. The molecule has 1 amide bonds. The Morgan fingerprint density at radius 2 is 2.14 bits per heavy atom. The number of aromatic amines is 1. The van der Waals surface area contributed by atoms with Crippen LogP contribution >= 0.6 is 0 Å². The molecule has 1 atom stereocenters. The fourth-order valence-electron chi connectivity index (χ4n) is 2.75. The Bertz CT molecular complexity index is 500. The summed E-state index contributed by atoms with van der Waals surface area (Å²) in [7, 11) is 0. The van der Waals surface area contributed by atoms with E-state index in [2.05, 4.69) is 10.2 Å². The third-order valence-corrected chi connectivity index (χ3v) is 4.49. The molecule has 0 spiro atoms. The third-order valence-electron chi connectivity index (χ3n) is 4.49. The van der Waals surface area contributed by atoms with Crippen LogP contribution in [0.4, 0.5) is 0 Å². The van der Waals surface area contributed by atoms with E-state index in [0.717, 1.165) is 23.4 Å². The van der Waals surface area contributed by atoms with E-state index in [1.54, 1.807) is 4.90 Å². The van der Waals surface area contributed by atoms with Crippen molar-refractivity contribution in [2.75, 3.05) is 19.7 Å². The van der Waals surface area contributed by atoms with Crippen LogP contribution in [0.1, 0.15) is 42.6 Å². The Morgan fingerprint density at radius 1 is 1.38 bits per heavy atom. The van der Waals surface area contributed by atoms with Crippen molar-refractivity contribution < 1.29 is 15.0 Å². The fraction of sp³-hybridized carbons (Fsp3) is 0.733. The lowest BCUT2D eigenvalue weighted by atomic mass is 9.96. The maximum Gasteiger partial charge on any atom is 0.222 e. The van der Waals surface area contributed by atoms with Crippen molar-refractivity contribution in [3.05, 3.63) is 17.0 Å². The number of H-pyrrole nitrogens is 1. The van der Waals surface area contributed by atoms with Gasteiger partial charge in [-0.2, -0.15) is 5.10 Å². The second-order valence-electron chi connectivity index (χ2n) is 6.04. The number of likely N-dealkylation sites (tertiary alicyclic amines) is 1. The third kappa shape index (κ3) is 3.83. The number of aliphatic hydroxyl groups excluding tert-OH is 1. The lowest BCUT2D eigenvalue weighted by Crippen LogP contribution is -2.36. The Hall–Kier alpha value is -1.40. The molecular formula is C15H25N3O3. The number of nitrogens with zero attached hydrogens (tertiary/aromatic N) is 2. The summed E-state index contributed by atoms with van der Waals surface area (Å²) in [5.74, 6) is 0.0947. The van der Waals surface area contributed by atoms with Gasteiger partial charge in [0.1, 0.15) is 0 Å². The minimum Gasteiger partial charge on any atom is -0.393 e. The van der Waals surface area contributed by atoms with Crippen LogP contribution in [-0.4, -0.2) is 56.5 Å². The lowest BCUT2D eigenvalue weighted by Gasteiger charge is -2.24. The lowest BCUT2D eigenvalue weighted by molar-refractivity contribution is -0.131. The van der Waals surface area contributed by atoms with Gasteiger partial charge in [-0.25, -0.2) is 0 Å². The van der Waals surface area contributed by atoms with Crippen LogP contribution in [0.3, 0.4) is 0 Å². The van der Waals surface area contributed by atoms with E-state index < -0.39 is 5.60 Å². The van der Waals surface area contributed by atoms with Crippen LogP contribution in [0, 0.1) is 13.8 Å². The first-order valence-corrected chi connectivity index (χ1v) is 7.57. The number of amides is 1. The largest absolute Gasteiger partial charge is 0.393 e. The molecule has 1 aromatic heterocycles. The van der Waals surface area contributed by atoms with Gasteiger partial charge in [-0.3, -0.25) is 9.89 Å². The molecule has 2 heterocycles. The second-order valence-corrected chi connectivity index (χ2v) is 6.04. The fourth-order valence-corrected chi connectivity index (χ4v) is 2.75. The van der Waals surface area contributed by atoms with E-state index >= 15 is 0 Å². The predicted octanol–water partition coefficient (Wildman–Crippen LogP) is 0.695. The Labute approximate surface area is 125 Å². The summed E-state index contributed by atoms with van der Waals surface area (Å²) in [6.45, 7) is 4.90. The molecule has 1 aliphatic rings. The number of rotatable bonds is 4. The first kappa shape index (κ1) is 16.0. The van der Waals surface area contributed by atoms with Gasteiger partial charge in [0.2, 0.25) is 5.91 Å². The second kappa shape index (κ2) is 6.58. The molecule has 0 unspecified atom stereocenters. The summed E-state index contributed by atoms with van der Waals surface area (Å²) in [6, 6.07) is 0. The van der Waals surface area contributed by atoms with Crippen LogP contribution in [0.5, 0.6) is 0 Å². The van der Waals surface area contributed by atoms with Gasteiger partial charge in [0.05, 0.1) is 17.9 Å². The molecule has 0 bridgehead atoms. The van der Waals surface area contributed by atoms with Crippen LogP contribution in [0.25, 0.3) is 0 Å². The van der Waals surface area contributed by atoms with Crippen molar-refractivity contribution in [1.29, 1.82) is 0 Å². The molecule has 2 rings (SSSR count). The highest BCUT2D eigenvalue weighted by Gasteiger charge is 2.30. The number of carbonyl (C=O) groups is 1. The predicted molar refractivity (Wildman–Crippen MR) is 78.8 cm³/mol. The van der Waals surface area contributed by atoms with Crippen LogP contribution in [-0.2, 0) is 11.2 Å². The van der Waals surface area contributed by atoms with Crippen molar-refractivity contribution in [3.8, 4) is 0 Å². The maximum atomic E-state index is 12.3.